The first-order chi connectivity index (χ1) is 12.9. The fourth-order valence-electron chi connectivity index (χ4n) is 3.45. The lowest BCUT2D eigenvalue weighted by Crippen LogP contribution is -2.38. The van der Waals surface area contributed by atoms with Gasteiger partial charge in [0.05, 0.1) is 17.4 Å². The number of H-pyrrole nitrogens is 1. The Morgan fingerprint density at radius 3 is 2.59 bits per heavy atom. The molecule has 8 heteroatoms. The molecule has 1 heterocycles. The zero-order valence-corrected chi connectivity index (χ0v) is 15.9. The molecule has 1 saturated carbocycles. The van der Waals surface area contributed by atoms with Gasteiger partial charge in [-0.1, -0.05) is 31.4 Å². The Balaban J connectivity index is 2.14. The van der Waals surface area contributed by atoms with Crippen molar-refractivity contribution in [2.75, 3.05) is 0 Å². The largest absolute Gasteiger partial charge is 0.493 e. The highest BCUT2D eigenvalue weighted by Gasteiger charge is 2.24. The molecule has 0 amide bonds. The fourth-order valence-corrected chi connectivity index (χ4v) is 3.57. The molecular formula is C19H23ClN4O3. The highest BCUT2D eigenvalue weighted by atomic mass is 35.5. The number of nitrogens with two attached hydrogens (primary N) is 1. The average molecular weight is 391 g/mol. The van der Waals surface area contributed by atoms with Crippen LogP contribution in [0.2, 0.25) is 5.02 Å². The highest BCUT2D eigenvalue weighted by molar-refractivity contribution is 6.30. The van der Waals surface area contributed by atoms with Crippen LogP contribution in [0.15, 0.2) is 38.8 Å². The minimum Gasteiger partial charge on any atom is -0.493 e. The second-order valence-corrected chi connectivity index (χ2v) is 7.15. The Labute approximate surface area is 161 Å². The maximum atomic E-state index is 12.5. The summed E-state index contributed by atoms with van der Waals surface area (Å²) in [5.74, 6) is -0.434. The van der Waals surface area contributed by atoms with Crippen LogP contribution >= 0.6 is 11.6 Å². The van der Waals surface area contributed by atoms with Crippen LogP contribution in [0.1, 0.15) is 44.6 Å². The van der Waals surface area contributed by atoms with E-state index in [4.69, 9.17) is 17.3 Å². The minimum atomic E-state index is -0.728. The second kappa shape index (κ2) is 8.10. The lowest BCUT2D eigenvalue weighted by atomic mass is 9.91. The molecule has 144 valence electrons. The Morgan fingerprint density at radius 2 is 1.96 bits per heavy atom. The summed E-state index contributed by atoms with van der Waals surface area (Å²) < 4.78 is 1.04. The van der Waals surface area contributed by atoms with Gasteiger partial charge in [0.2, 0.25) is 5.88 Å². The predicted octanol–water partition coefficient (Wildman–Crippen LogP) is 2.35. The van der Waals surface area contributed by atoms with E-state index in [9.17, 15) is 14.7 Å². The smallest absolute Gasteiger partial charge is 0.335 e. The van der Waals surface area contributed by atoms with E-state index in [0.717, 1.165) is 30.3 Å². The summed E-state index contributed by atoms with van der Waals surface area (Å²) in [6.45, 7) is 1.85. The van der Waals surface area contributed by atoms with Gasteiger partial charge in [-0.15, -0.1) is 0 Å². The molecule has 0 spiro atoms. The Kier molecular flexibility index (Phi) is 5.82. The van der Waals surface area contributed by atoms with Crippen LogP contribution in [0.3, 0.4) is 0 Å². The maximum absolute atomic E-state index is 12.5. The van der Waals surface area contributed by atoms with Gasteiger partial charge in [-0.25, -0.2) is 9.36 Å². The van der Waals surface area contributed by atoms with Gasteiger partial charge in [0.25, 0.3) is 5.56 Å². The van der Waals surface area contributed by atoms with Gasteiger partial charge in [-0.2, -0.15) is 0 Å². The quantitative estimate of drug-likeness (QED) is 0.695. The zero-order chi connectivity index (χ0) is 19.6. The number of aromatic amines is 1. The highest BCUT2D eigenvalue weighted by Crippen LogP contribution is 2.23. The first-order valence-corrected chi connectivity index (χ1v) is 9.47. The Bertz CT molecular complexity index is 962. The van der Waals surface area contributed by atoms with Crippen LogP contribution in [0.5, 0.6) is 5.88 Å². The topological polar surface area (TPSA) is 113 Å². The molecule has 3 rings (SSSR count). The molecular weight excluding hydrogens is 368 g/mol. The van der Waals surface area contributed by atoms with E-state index < -0.39 is 17.1 Å². The Morgan fingerprint density at radius 1 is 1.30 bits per heavy atom. The van der Waals surface area contributed by atoms with E-state index in [-0.39, 0.29) is 17.6 Å². The summed E-state index contributed by atoms with van der Waals surface area (Å²) in [5.41, 5.74) is 5.62. The van der Waals surface area contributed by atoms with Gasteiger partial charge < -0.3 is 10.8 Å². The Hall–Kier alpha value is -2.38. The van der Waals surface area contributed by atoms with Crippen LogP contribution in [0.4, 0.5) is 0 Å². The van der Waals surface area contributed by atoms with Crippen molar-refractivity contribution in [3.63, 3.8) is 0 Å². The third-order valence-corrected chi connectivity index (χ3v) is 5.15. The molecule has 1 aromatic heterocycles. The van der Waals surface area contributed by atoms with Crippen molar-refractivity contribution in [1.82, 2.24) is 9.55 Å². The molecule has 0 bridgehead atoms. The van der Waals surface area contributed by atoms with Crippen molar-refractivity contribution in [1.29, 1.82) is 0 Å². The van der Waals surface area contributed by atoms with Gasteiger partial charge in [-0.05, 0) is 43.5 Å². The van der Waals surface area contributed by atoms with E-state index in [1.54, 1.807) is 24.3 Å². The maximum Gasteiger partial charge on any atom is 0.335 e. The number of nitrogens with zero attached hydrogens (tertiary/aromatic N) is 2. The van der Waals surface area contributed by atoms with Gasteiger partial charge >= 0.3 is 5.69 Å². The van der Waals surface area contributed by atoms with E-state index in [1.165, 1.54) is 0 Å². The monoisotopic (exact) mass is 390 g/mol. The van der Waals surface area contributed by atoms with Crippen LogP contribution in [0, 0.1) is 0 Å². The minimum absolute atomic E-state index is 0.00447. The molecule has 1 aliphatic carbocycles. The molecule has 2 atom stereocenters. The molecule has 0 aliphatic heterocycles. The van der Waals surface area contributed by atoms with Gasteiger partial charge in [0, 0.05) is 11.1 Å². The van der Waals surface area contributed by atoms with E-state index >= 15 is 0 Å². The number of nitrogens with one attached hydrogen (secondary N) is 1. The van der Waals surface area contributed by atoms with E-state index in [2.05, 4.69) is 9.98 Å². The zero-order valence-electron chi connectivity index (χ0n) is 15.1. The first kappa shape index (κ1) is 19.4. The SMILES string of the molecule is CCC(=NC1CCCCC1N)c1c(O)n(-c2ccc(Cl)cc2)c(=O)[nH]c1=O. The predicted molar refractivity (Wildman–Crippen MR) is 106 cm³/mol. The lowest BCUT2D eigenvalue weighted by Gasteiger charge is -2.26. The summed E-state index contributed by atoms with van der Waals surface area (Å²) in [4.78, 5) is 31.7. The number of aromatic nitrogens is 2. The van der Waals surface area contributed by atoms with Gasteiger partial charge in [-0.3, -0.25) is 14.8 Å². The van der Waals surface area contributed by atoms with Crippen molar-refractivity contribution < 1.29 is 5.11 Å². The van der Waals surface area contributed by atoms with Gasteiger partial charge in [0.15, 0.2) is 0 Å². The molecule has 2 unspecified atom stereocenters. The number of aliphatic imine (C=N–C) groups is 1. The molecule has 1 fully saturated rings. The van der Waals surface area contributed by atoms with Crippen molar-refractivity contribution in [3.8, 4) is 11.6 Å². The average Bonchev–Trinajstić information content (AvgIpc) is 2.63. The third kappa shape index (κ3) is 3.99. The van der Waals surface area contributed by atoms with Crippen LogP contribution in [-0.2, 0) is 0 Å². The number of benzene rings is 1. The normalized spacial score (nSPS) is 20.6. The summed E-state index contributed by atoms with van der Waals surface area (Å²) in [5, 5.41) is 11.3. The van der Waals surface area contributed by atoms with Crippen molar-refractivity contribution in [3.05, 3.63) is 55.7 Å². The summed E-state index contributed by atoms with van der Waals surface area (Å²) in [6.07, 6.45) is 4.27. The molecule has 27 heavy (non-hydrogen) atoms. The molecule has 0 saturated heterocycles. The lowest BCUT2D eigenvalue weighted by molar-refractivity contribution is 0.386. The van der Waals surface area contributed by atoms with E-state index in [0.29, 0.717) is 22.8 Å². The fraction of sp³-hybridized carbons (Fsp3) is 0.421. The van der Waals surface area contributed by atoms with Crippen LogP contribution in [0.25, 0.3) is 5.69 Å². The van der Waals surface area contributed by atoms with Gasteiger partial charge in [0.1, 0.15) is 5.56 Å². The number of hydrogen-bond donors (Lipinski definition) is 3. The molecule has 4 N–H and O–H groups in total. The van der Waals surface area contributed by atoms with Crippen molar-refractivity contribution in [2.45, 2.75) is 51.1 Å². The summed E-state index contributed by atoms with van der Waals surface area (Å²) in [6, 6.07) is 6.22. The molecule has 2 aromatic rings. The molecule has 7 nitrogen and oxygen atoms in total. The number of rotatable bonds is 4. The van der Waals surface area contributed by atoms with Crippen molar-refractivity contribution in [2.24, 2.45) is 10.7 Å². The molecule has 1 aromatic carbocycles. The molecule has 0 radical (unpaired) electrons. The van der Waals surface area contributed by atoms with E-state index in [1.807, 2.05) is 6.92 Å². The first-order valence-electron chi connectivity index (χ1n) is 9.09. The van der Waals surface area contributed by atoms with Crippen LogP contribution < -0.4 is 17.0 Å². The number of halogens is 1. The van der Waals surface area contributed by atoms with Crippen LogP contribution in [-0.4, -0.2) is 32.5 Å². The molecule has 1 aliphatic rings. The third-order valence-electron chi connectivity index (χ3n) is 4.90. The summed E-state index contributed by atoms with van der Waals surface area (Å²) in [7, 11) is 0. The summed E-state index contributed by atoms with van der Waals surface area (Å²) >= 11 is 5.89. The standard InChI is InChI=1S/C19H23ClN4O3/c1-2-14(22-15-6-4-3-5-13(15)21)16-17(25)23-19(27)24(18(16)26)12-9-7-11(20)8-10-12/h7-10,13,15,26H,2-6,21H2,1H3,(H,23,25,27). The van der Waals surface area contributed by atoms with Crippen molar-refractivity contribution >= 4 is 17.3 Å². The number of aromatic hydroxyl groups is 1. The number of hydrogen-bond acceptors (Lipinski definition) is 5. The second-order valence-electron chi connectivity index (χ2n) is 6.71.